The fourth-order valence-electron chi connectivity index (χ4n) is 2.82. The number of hydrogen-bond acceptors (Lipinski definition) is 2. The van der Waals surface area contributed by atoms with Crippen LogP contribution in [-0.2, 0) is 5.33 Å². The lowest BCUT2D eigenvalue weighted by Gasteiger charge is -2.30. The molecule has 1 aromatic rings. The molecule has 2 rings (SSSR count). The first-order valence-electron chi connectivity index (χ1n) is 6.47. The number of nitrogens with zero attached hydrogens (tertiary/aromatic N) is 2. The molecule has 0 aromatic carbocycles. The van der Waals surface area contributed by atoms with Gasteiger partial charge in [-0.25, -0.2) is 4.98 Å². The van der Waals surface area contributed by atoms with Gasteiger partial charge >= 0.3 is 0 Å². The fraction of sp³-hybridized carbons (Fsp3) is 0.643. The Hall–Kier alpha value is -0.570. The first kappa shape index (κ1) is 12.9. The number of rotatable bonds is 3. The summed E-state index contributed by atoms with van der Waals surface area (Å²) in [5, 5.41) is 0.883. The number of aryl methyl sites for hydroxylation is 1. The van der Waals surface area contributed by atoms with Crippen molar-refractivity contribution in [3.63, 3.8) is 0 Å². The minimum Gasteiger partial charge on any atom is -0.351 e. The maximum Gasteiger partial charge on any atom is 0.131 e. The van der Waals surface area contributed by atoms with Crippen molar-refractivity contribution in [2.24, 2.45) is 0 Å². The van der Waals surface area contributed by atoms with Crippen LogP contribution in [-0.4, -0.2) is 17.1 Å². The molecule has 17 heavy (non-hydrogen) atoms. The largest absolute Gasteiger partial charge is 0.351 e. The summed E-state index contributed by atoms with van der Waals surface area (Å²) >= 11 is 3.48. The van der Waals surface area contributed by atoms with Crippen molar-refractivity contribution in [3.8, 4) is 0 Å². The fourth-order valence-corrected chi connectivity index (χ4v) is 3.13. The van der Waals surface area contributed by atoms with Crippen molar-refractivity contribution in [2.45, 2.75) is 57.4 Å². The second-order valence-corrected chi connectivity index (χ2v) is 5.57. The summed E-state index contributed by atoms with van der Waals surface area (Å²) in [6, 6.07) is 3.54. The van der Waals surface area contributed by atoms with E-state index in [2.05, 4.69) is 52.7 Å². The van der Waals surface area contributed by atoms with E-state index in [1.807, 2.05) is 6.20 Å². The molecule has 2 heterocycles. The Balaban J connectivity index is 2.32. The molecule has 1 aromatic heterocycles. The monoisotopic (exact) mass is 296 g/mol. The molecule has 0 aliphatic carbocycles. The molecule has 3 heteroatoms. The van der Waals surface area contributed by atoms with Gasteiger partial charge in [-0.2, -0.15) is 0 Å². The topological polar surface area (TPSA) is 16.1 Å². The molecule has 0 N–H and O–H groups in total. The number of pyridine rings is 1. The molecule has 0 radical (unpaired) electrons. The van der Waals surface area contributed by atoms with Crippen LogP contribution < -0.4 is 4.90 Å². The molecule has 0 amide bonds. The van der Waals surface area contributed by atoms with Gasteiger partial charge in [0.15, 0.2) is 0 Å². The van der Waals surface area contributed by atoms with E-state index in [1.54, 1.807) is 0 Å². The molecule has 1 fully saturated rings. The molecule has 0 bridgehead atoms. The highest BCUT2D eigenvalue weighted by Crippen LogP contribution is 2.32. The number of alkyl halides is 1. The SMILES string of the molecule is CCC1CCC(C)N1c1ncc(CBr)cc1C. The van der Waals surface area contributed by atoms with Crippen molar-refractivity contribution in [1.29, 1.82) is 0 Å². The predicted octanol–water partition coefficient (Wildman–Crippen LogP) is 4.05. The number of aromatic nitrogens is 1. The zero-order valence-corrected chi connectivity index (χ0v) is 12.5. The van der Waals surface area contributed by atoms with Gasteiger partial charge in [-0.1, -0.05) is 28.9 Å². The molecular formula is C14H21BrN2. The molecule has 2 nitrogen and oxygen atoms in total. The van der Waals surface area contributed by atoms with Gasteiger partial charge in [0, 0.05) is 23.6 Å². The Kier molecular flexibility index (Phi) is 4.08. The first-order valence-corrected chi connectivity index (χ1v) is 7.59. The van der Waals surface area contributed by atoms with E-state index in [9.17, 15) is 0 Å². The van der Waals surface area contributed by atoms with E-state index < -0.39 is 0 Å². The lowest BCUT2D eigenvalue weighted by molar-refractivity contribution is 0.619. The van der Waals surface area contributed by atoms with Crippen molar-refractivity contribution in [2.75, 3.05) is 4.90 Å². The summed E-state index contributed by atoms with van der Waals surface area (Å²) in [6.45, 7) is 6.76. The molecule has 94 valence electrons. The molecule has 1 aliphatic heterocycles. The molecule has 2 unspecified atom stereocenters. The molecule has 1 aliphatic rings. The average Bonchev–Trinajstić information content (AvgIpc) is 2.70. The molecule has 0 saturated carbocycles. The standard InChI is InChI=1S/C14H21BrN2/c1-4-13-6-5-11(3)17(13)14-10(2)7-12(8-15)9-16-14/h7,9,11,13H,4-6,8H2,1-3H3. The van der Waals surface area contributed by atoms with Crippen LogP contribution in [0.2, 0.25) is 0 Å². The van der Waals surface area contributed by atoms with Gasteiger partial charge in [-0.3, -0.25) is 0 Å². The third-order valence-electron chi connectivity index (χ3n) is 3.76. The van der Waals surface area contributed by atoms with Crippen LogP contribution in [0.1, 0.15) is 44.2 Å². The second kappa shape index (κ2) is 5.38. The van der Waals surface area contributed by atoms with E-state index in [0.29, 0.717) is 12.1 Å². The average molecular weight is 297 g/mol. The Labute approximate surface area is 113 Å². The Morgan fingerprint density at radius 1 is 1.47 bits per heavy atom. The summed E-state index contributed by atoms with van der Waals surface area (Å²) in [5.74, 6) is 1.19. The van der Waals surface area contributed by atoms with E-state index in [0.717, 1.165) is 5.33 Å². The van der Waals surface area contributed by atoms with Crippen LogP contribution in [0.15, 0.2) is 12.3 Å². The number of anilines is 1. The Morgan fingerprint density at radius 3 is 2.82 bits per heavy atom. The van der Waals surface area contributed by atoms with E-state index >= 15 is 0 Å². The minimum atomic E-state index is 0.626. The molecule has 0 spiro atoms. The third-order valence-corrected chi connectivity index (χ3v) is 4.41. The van der Waals surface area contributed by atoms with Gasteiger partial charge in [0.25, 0.3) is 0 Å². The normalized spacial score (nSPS) is 24.4. The zero-order chi connectivity index (χ0) is 12.4. The highest BCUT2D eigenvalue weighted by Gasteiger charge is 2.30. The predicted molar refractivity (Wildman–Crippen MR) is 76.9 cm³/mol. The Morgan fingerprint density at radius 2 is 2.24 bits per heavy atom. The van der Waals surface area contributed by atoms with E-state index in [1.165, 1.54) is 36.2 Å². The van der Waals surface area contributed by atoms with Crippen LogP contribution in [0.3, 0.4) is 0 Å². The van der Waals surface area contributed by atoms with Gasteiger partial charge in [0.1, 0.15) is 5.82 Å². The van der Waals surface area contributed by atoms with Crippen LogP contribution in [0, 0.1) is 6.92 Å². The summed E-state index contributed by atoms with van der Waals surface area (Å²) in [7, 11) is 0. The van der Waals surface area contributed by atoms with E-state index in [4.69, 9.17) is 0 Å². The highest BCUT2D eigenvalue weighted by atomic mass is 79.9. The molecular weight excluding hydrogens is 276 g/mol. The minimum absolute atomic E-state index is 0.626. The maximum absolute atomic E-state index is 4.68. The lowest BCUT2D eigenvalue weighted by Crippen LogP contribution is -2.35. The zero-order valence-electron chi connectivity index (χ0n) is 10.9. The quantitative estimate of drug-likeness (QED) is 0.782. The number of hydrogen-bond donors (Lipinski definition) is 0. The van der Waals surface area contributed by atoms with Gasteiger partial charge in [0.2, 0.25) is 0 Å². The maximum atomic E-state index is 4.68. The number of halogens is 1. The second-order valence-electron chi connectivity index (χ2n) is 5.01. The van der Waals surface area contributed by atoms with Crippen LogP contribution in [0.5, 0.6) is 0 Å². The van der Waals surface area contributed by atoms with Crippen LogP contribution in [0.25, 0.3) is 0 Å². The first-order chi connectivity index (χ1) is 8.17. The Bertz CT molecular complexity index is 392. The van der Waals surface area contributed by atoms with Crippen molar-refractivity contribution in [3.05, 3.63) is 23.4 Å². The van der Waals surface area contributed by atoms with Gasteiger partial charge in [0.05, 0.1) is 0 Å². The van der Waals surface area contributed by atoms with E-state index in [-0.39, 0.29) is 0 Å². The summed E-state index contributed by atoms with van der Waals surface area (Å²) < 4.78 is 0. The third kappa shape index (κ3) is 2.49. The summed E-state index contributed by atoms with van der Waals surface area (Å²) in [4.78, 5) is 7.20. The molecule has 2 atom stereocenters. The van der Waals surface area contributed by atoms with Crippen LogP contribution >= 0.6 is 15.9 Å². The van der Waals surface area contributed by atoms with Crippen molar-refractivity contribution < 1.29 is 0 Å². The van der Waals surface area contributed by atoms with Crippen molar-refractivity contribution in [1.82, 2.24) is 4.98 Å². The summed E-state index contributed by atoms with van der Waals surface area (Å²) in [5.41, 5.74) is 2.56. The molecule has 1 saturated heterocycles. The highest BCUT2D eigenvalue weighted by molar-refractivity contribution is 9.08. The van der Waals surface area contributed by atoms with Gasteiger partial charge in [-0.15, -0.1) is 0 Å². The smallest absolute Gasteiger partial charge is 0.131 e. The van der Waals surface area contributed by atoms with Crippen LogP contribution in [0.4, 0.5) is 5.82 Å². The van der Waals surface area contributed by atoms with Gasteiger partial charge < -0.3 is 4.90 Å². The van der Waals surface area contributed by atoms with Crippen molar-refractivity contribution >= 4 is 21.7 Å². The summed E-state index contributed by atoms with van der Waals surface area (Å²) in [6.07, 6.45) is 5.80. The lowest BCUT2D eigenvalue weighted by atomic mass is 10.1. The van der Waals surface area contributed by atoms with Gasteiger partial charge in [-0.05, 0) is 44.2 Å².